The van der Waals surface area contributed by atoms with Crippen molar-refractivity contribution in [3.8, 4) is 11.5 Å². The third-order valence-corrected chi connectivity index (χ3v) is 2.46. The first-order valence-corrected chi connectivity index (χ1v) is 6.32. The quantitative estimate of drug-likeness (QED) is 0.567. The molecule has 3 nitrogen and oxygen atoms in total. The molecule has 3 heteroatoms. The van der Waals surface area contributed by atoms with Crippen LogP contribution >= 0.6 is 0 Å². The van der Waals surface area contributed by atoms with Crippen LogP contribution in [0.5, 0.6) is 11.5 Å². The highest BCUT2D eigenvalue weighted by Crippen LogP contribution is 2.28. The van der Waals surface area contributed by atoms with E-state index in [-0.39, 0.29) is 0 Å². The van der Waals surface area contributed by atoms with Crippen LogP contribution in [0.25, 0.3) is 0 Å². The van der Waals surface area contributed by atoms with Gasteiger partial charge in [-0.25, -0.2) is 0 Å². The van der Waals surface area contributed by atoms with E-state index in [0.29, 0.717) is 6.61 Å². The van der Waals surface area contributed by atoms with E-state index in [4.69, 9.17) is 9.47 Å². The fraction of sp³-hybridized carbons (Fsp3) is 0.467. The Morgan fingerprint density at radius 3 is 2.72 bits per heavy atom. The molecule has 0 fully saturated rings. The fourth-order valence-electron chi connectivity index (χ4n) is 1.55. The number of methoxy groups -OCH3 is 1. The maximum atomic E-state index is 5.68. The summed E-state index contributed by atoms with van der Waals surface area (Å²) in [5.74, 6) is 1.53. The second kappa shape index (κ2) is 7.77. The van der Waals surface area contributed by atoms with Gasteiger partial charge in [0.2, 0.25) is 0 Å². The van der Waals surface area contributed by atoms with E-state index in [0.717, 1.165) is 36.6 Å². The lowest BCUT2D eigenvalue weighted by Crippen LogP contribution is -2.13. The second-order valence-corrected chi connectivity index (χ2v) is 4.41. The average molecular weight is 249 g/mol. The highest BCUT2D eigenvalue weighted by atomic mass is 16.5. The predicted octanol–water partition coefficient (Wildman–Crippen LogP) is 3.15. The maximum absolute atomic E-state index is 5.68. The maximum Gasteiger partial charge on any atom is 0.161 e. The van der Waals surface area contributed by atoms with Crippen molar-refractivity contribution in [1.29, 1.82) is 0 Å². The van der Waals surface area contributed by atoms with E-state index >= 15 is 0 Å². The van der Waals surface area contributed by atoms with E-state index < -0.39 is 0 Å². The number of nitrogens with one attached hydrogen (secondary N) is 1. The molecule has 1 aromatic carbocycles. The number of rotatable bonds is 8. The van der Waals surface area contributed by atoms with Crippen molar-refractivity contribution in [3.05, 3.63) is 35.9 Å². The molecule has 0 spiro atoms. The summed E-state index contributed by atoms with van der Waals surface area (Å²) in [5.41, 5.74) is 2.19. The molecule has 0 heterocycles. The summed E-state index contributed by atoms with van der Waals surface area (Å²) >= 11 is 0. The predicted molar refractivity (Wildman–Crippen MR) is 75.3 cm³/mol. The molecule has 0 unspecified atom stereocenters. The number of hydrogen-bond donors (Lipinski definition) is 1. The Kier molecular flexibility index (Phi) is 6.29. The summed E-state index contributed by atoms with van der Waals surface area (Å²) in [7, 11) is 1.65. The lowest BCUT2D eigenvalue weighted by Gasteiger charge is -2.12. The molecule has 0 amide bonds. The van der Waals surface area contributed by atoms with Crippen molar-refractivity contribution in [2.45, 2.75) is 26.8 Å². The smallest absolute Gasteiger partial charge is 0.161 e. The molecule has 1 N–H and O–H groups in total. The molecule has 1 aromatic rings. The van der Waals surface area contributed by atoms with E-state index in [2.05, 4.69) is 24.9 Å². The minimum absolute atomic E-state index is 0.516. The van der Waals surface area contributed by atoms with E-state index in [1.54, 1.807) is 7.11 Å². The number of benzene rings is 1. The van der Waals surface area contributed by atoms with Crippen LogP contribution in [0, 0.1) is 0 Å². The Labute approximate surface area is 110 Å². The SMILES string of the molecule is C=C(C)COc1cc(CNCCC)ccc1OC. The van der Waals surface area contributed by atoms with Gasteiger partial charge in [-0.2, -0.15) is 0 Å². The van der Waals surface area contributed by atoms with Gasteiger partial charge in [0.15, 0.2) is 11.5 Å². The van der Waals surface area contributed by atoms with Gasteiger partial charge in [0.05, 0.1) is 7.11 Å². The molecule has 0 aliphatic heterocycles. The fourth-order valence-corrected chi connectivity index (χ4v) is 1.55. The van der Waals surface area contributed by atoms with Gasteiger partial charge in [0.1, 0.15) is 6.61 Å². The molecule has 0 saturated heterocycles. The largest absolute Gasteiger partial charge is 0.493 e. The molecule has 0 radical (unpaired) electrons. The number of ether oxygens (including phenoxy) is 2. The van der Waals surface area contributed by atoms with Gasteiger partial charge in [0, 0.05) is 6.54 Å². The molecule has 0 aliphatic rings. The van der Waals surface area contributed by atoms with Gasteiger partial charge in [-0.3, -0.25) is 0 Å². The van der Waals surface area contributed by atoms with Crippen molar-refractivity contribution in [2.75, 3.05) is 20.3 Å². The Morgan fingerprint density at radius 1 is 1.33 bits per heavy atom. The Bertz CT molecular complexity index is 388. The van der Waals surface area contributed by atoms with Gasteiger partial charge in [-0.05, 0) is 43.2 Å². The topological polar surface area (TPSA) is 30.5 Å². The molecule has 0 bridgehead atoms. The second-order valence-electron chi connectivity index (χ2n) is 4.41. The average Bonchev–Trinajstić information content (AvgIpc) is 2.37. The van der Waals surface area contributed by atoms with Crippen LogP contribution < -0.4 is 14.8 Å². The number of hydrogen-bond acceptors (Lipinski definition) is 3. The third kappa shape index (κ3) is 4.80. The highest BCUT2D eigenvalue weighted by Gasteiger charge is 2.05. The zero-order valence-corrected chi connectivity index (χ0v) is 11.6. The molecule has 100 valence electrons. The first kappa shape index (κ1) is 14.6. The van der Waals surface area contributed by atoms with Crippen LogP contribution in [-0.2, 0) is 6.54 Å². The Hall–Kier alpha value is -1.48. The van der Waals surface area contributed by atoms with Crippen molar-refractivity contribution in [3.63, 3.8) is 0 Å². The summed E-state index contributed by atoms with van der Waals surface area (Å²) in [6.07, 6.45) is 1.13. The van der Waals surface area contributed by atoms with Gasteiger partial charge >= 0.3 is 0 Å². The van der Waals surface area contributed by atoms with E-state index in [9.17, 15) is 0 Å². The van der Waals surface area contributed by atoms with Gasteiger partial charge in [-0.1, -0.05) is 19.6 Å². The minimum atomic E-state index is 0.516. The highest BCUT2D eigenvalue weighted by molar-refractivity contribution is 5.43. The minimum Gasteiger partial charge on any atom is -0.493 e. The summed E-state index contributed by atoms with van der Waals surface area (Å²) in [6, 6.07) is 6.01. The molecule has 0 aromatic heterocycles. The first-order valence-electron chi connectivity index (χ1n) is 6.32. The van der Waals surface area contributed by atoms with Crippen LogP contribution in [0.1, 0.15) is 25.8 Å². The Morgan fingerprint density at radius 2 is 2.11 bits per heavy atom. The molecule has 0 aliphatic carbocycles. The van der Waals surface area contributed by atoms with Crippen molar-refractivity contribution >= 4 is 0 Å². The van der Waals surface area contributed by atoms with Gasteiger partial charge in [0.25, 0.3) is 0 Å². The summed E-state index contributed by atoms with van der Waals surface area (Å²) in [6.45, 7) is 10.3. The molecule has 1 rings (SSSR count). The summed E-state index contributed by atoms with van der Waals surface area (Å²) in [4.78, 5) is 0. The molecular weight excluding hydrogens is 226 g/mol. The molecule has 0 saturated carbocycles. The van der Waals surface area contributed by atoms with Crippen molar-refractivity contribution in [1.82, 2.24) is 5.32 Å². The monoisotopic (exact) mass is 249 g/mol. The Balaban J connectivity index is 2.71. The van der Waals surface area contributed by atoms with Crippen LogP contribution in [0.4, 0.5) is 0 Å². The van der Waals surface area contributed by atoms with Crippen LogP contribution in [0.3, 0.4) is 0 Å². The molecule has 18 heavy (non-hydrogen) atoms. The summed E-state index contributed by atoms with van der Waals surface area (Å²) in [5, 5.41) is 3.37. The van der Waals surface area contributed by atoms with E-state index in [1.165, 1.54) is 5.56 Å². The van der Waals surface area contributed by atoms with Crippen molar-refractivity contribution < 1.29 is 9.47 Å². The van der Waals surface area contributed by atoms with Gasteiger partial charge in [-0.15, -0.1) is 0 Å². The van der Waals surface area contributed by atoms with Crippen LogP contribution in [-0.4, -0.2) is 20.3 Å². The van der Waals surface area contributed by atoms with E-state index in [1.807, 2.05) is 19.1 Å². The normalized spacial score (nSPS) is 10.2. The van der Waals surface area contributed by atoms with Crippen LogP contribution in [0.2, 0.25) is 0 Å². The lowest BCUT2D eigenvalue weighted by molar-refractivity contribution is 0.319. The zero-order valence-electron chi connectivity index (χ0n) is 11.6. The molecule has 0 atom stereocenters. The molecular formula is C15H23NO2. The standard InChI is InChI=1S/C15H23NO2/c1-5-8-16-10-13-6-7-14(17-4)15(9-13)18-11-12(2)3/h6-7,9,16H,2,5,8,10-11H2,1,3-4H3. The zero-order chi connectivity index (χ0) is 13.4. The van der Waals surface area contributed by atoms with Crippen molar-refractivity contribution in [2.24, 2.45) is 0 Å². The first-order chi connectivity index (χ1) is 8.67. The van der Waals surface area contributed by atoms with Crippen LogP contribution in [0.15, 0.2) is 30.4 Å². The third-order valence-electron chi connectivity index (χ3n) is 2.46. The van der Waals surface area contributed by atoms with Gasteiger partial charge < -0.3 is 14.8 Å². The lowest BCUT2D eigenvalue weighted by atomic mass is 10.2. The summed E-state index contributed by atoms with van der Waals surface area (Å²) < 4.78 is 11.0.